The summed E-state index contributed by atoms with van der Waals surface area (Å²) in [6.45, 7) is 8.86. The van der Waals surface area contributed by atoms with Gasteiger partial charge in [-0.3, -0.25) is 4.98 Å². The Morgan fingerprint density at radius 1 is 0.553 bits per heavy atom. The molecule has 2 aliphatic rings. The SMILES string of the molecule is Cc1ccc(-c2cc(-c3ccc4c(c3)-c3ccccc3C4(C)C)cc(-c3nc(-c4ccccc4)nc([C@]4(C)C=CC=CC4)n3)c2)cn1. The third-order valence-electron chi connectivity index (χ3n) is 9.78. The summed E-state index contributed by atoms with van der Waals surface area (Å²) in [5.74, 6) is 2.10. The lowest BCUT2D eigenvalue weighted by Crippen LogP contribution is -2.24. The lowest BCUT2D eigenvalue weighted by atomic mass is 9.82. The predicted octanol–water partition coefficient (Wildman–Crippen LogP) is 10.3. The zero-order valence-electron chi connectivity index (χ0n) is 27.2. The molecule has 0 saturated carbocycles. The first-order chi connectivity index (χ1) is 22.8. The summed E-state index contributed by atoms with van der Waals surface area (Å²) in [6, 6.07) is 36.8. The van der Waals surface area contributed by atoms with Crippen LogP contribution >= 0.6 is 0 Å². The van der Waals surface area contributed by atoms with Crippen molar-refractivity contribution < 1.29 is 0 Å². The van der Waals surface area contributed by atoms with Crippen molar-refractivity contribution in [3.8, 4) is 56.2 Å². The number of hydrogen-bond donors (Lipinski definition) is 0. The first kappa shape index (κ1) is 29.0. The van der Waals surface area contributed by atoms with E-state index in [2.05, 4.69) is 135 Å². The summed E-state index contributed by atoms with van der Waals surface area (Å²) >= 11 is 0. The van der Waals surface area contributed by atoms with Gasteiger partial charge in [0.05, 0.1) is 0 Å². The molecular formula is C43H36N4. The third-order valence-corrected chi connectivity index (χ3v) is 9.78. The quantitative estimate of drug-likeness (QED) is 0.195. The Balaban J connectivity index is 1.34. The number of rotatable bonds is 5. The van der Waals surface area contributed by atoms with Crippen LogP contribution < -0.4 is 0 Å². The number of nitrogens with zero attached hydrogens (tertiary/aromatic N) is 4. The fraction of sp³-hybridized carbons (Fsp3) is 0.163. The van der Waals surface area contributed by atoms with E-state index < -0.39 is 0 Å². The lowest BCUT2D eigenvalue weighted by molar-refractivity contribution is 0.554. The van der Waals surface area contributed by atoms with E-state index in [-0.39, 0.29) is 10.8 Å². The number of allylic oxidation sites excluding steroid dienone is 4. The second kappa shape index (κ2) is 11.1. The molecular weight excluding hydrogens is 573 g/mol. The Kier molecular flexibility index (Phi) is 6.84. The monoisotopic (exact) mass is 608 g/mol. The van der Waals surface area contributed by atoms with Crippen molar-refractivity contribution in [3.05, 3.63) is 156 Å². The molecule has 8 rings (SSSR count). The smallest absolute Gasteiger partial charge is 0.163 e. The van der Waals surface area contributed by atoms with Gasteiger partial charge in [-0.15, -0.1) is 0 Å². The maximum absolute atomic E-state index is 5.19. The highest BCUT2D eigenvalue weighted by Gasteiger charge is 2.35. The molecule has 0 radical (unpaired) electrons. The number of aromatic nitrogens is 4. The Bertz CT molecular complexity index is 2210. The molecule has 4 aromatic carbocycles. The number of benzene rings is 4. The predicted molar refractivity (Wildman–Crippen MR) is 192 cm³/mol. The molecule has 0 spiro atoms. The van der Waals surface area contributed by atoms with Gasteiger partial charge in [-0.1, -0.05) is 111 Å². The number of fused-ring (bicyclic) bond motifs is 3. The average molecular weight is 609 g/mol. The highest BCUT2D eigenvalue weighted by Crippen LogP contribution is 2.49. The number of pyridine rings is 1. The van der Waals surface area contributed by atoms with Gasteiger partial charge in [0.2, 0.25) is 0 Å². The van der Waals surface area contributed by atoms with Gasteiger partial charge in [0, 0.05) is 39.4 Å². The molecule has 228 valence electrons. The van der Waals surface area contributed by atoms with Crippen LogP contribution in [0.4, 0.5) is 0 Å². The molecule has 0 amide bonds. The molecule has 0 bridgehead atoms. The van der Waals surface area contributed by atoms with Crippen molar-refractivity contribution in [3.63, 3.8) is 0 Å². The average Bonchev–Trinajstić information content (AvgIpc) is 3.34. The summed E-state index contributed by atoms with van der Waals surface area (Å²) in [6.07, 6.45) is 11.3. The van der Waals surface area contributed by atoms with Gasteiger partial charge >= 0.3 is 0 Å². The lowest BCUT2D eigenvalue weighted by Gasteiger charge is -2.25. The molecule has 0 aliphatic heterocycles. The minimum absolute atomic E-state index is 0.0426. The van der Waals surface area contributed by atoms with E-state index >= 15 is 0 Å². The topological polar surface area (TPSA) is 51.6 Å². The molecule has 2 heterocycles. The van der Waals surface area contributed by atoms with Crippen molar-refractivity contribution in [2.24, 2.45) is 0 Å². The summed E-state index contributed by atoms with van der Waals surface area (Å²) in [5, 5.41) is 0. The molecule has 0 saturated heterocycles. The highest BCUT2D eigenvalue weighted by atomic mass is 15.0. The Labute approximate surface area is 276 Å². The van der Waals surface area contributed by atoms with Crippen molar-refractivity contribution >= 4 is 0 Å². The zero-order valence-corrected chi connectivity index (χ0v) is 27.2. The highest BCUT2D eigenvalue weighted by molar-refractivity contribution is 5.86. The van der Waals surface area contributed by atoms with Gasteiger partial charge in [-0.05, 0) is 89.5 Å². The minimum Gasteiger partial charge on any atom is -0.261 e. The van der Waals surface area contributed by atoms with Crippen molar-refractivity contribution in [1.29, 1.82) is 0 Å². The van der Waals surface area contributed by atoms with Crippen molar-refractivity contribution in [2.45, 2.75) is 44.9 Å². The first-order valence-corrected chi connectivity index (χ1v) is 16.3. The van der Waals surface area contributed by atoms with Crippen molar-refractivity contribution in [1.82, 2.24) is 19.9 Å². The maximum atomic E-state index is 5.19. The van der Waals surface area contributed by atoms with Crippen LogP contribution in [0, 0.1) is 6.92 Å². The molecule has 47 heavy (non-hydrogen) atoms. The van der Waals surface area contributed by atoms with Crippen LogP contribution in [-0.4, -0.2) is 19.9 Å². The van der Waals surface area contributed by atoms with Crippen LogP contribution in [0.3, 0.4) is 0 Å². The van der Waals surface area contributed by atoms with Crippen LogP contribution in [0.2, 0.25) is 0 Å². The van der Waals surface area contributed by atoms with Crippen LogP contribution in [0.1, 0.15) is 49.8 Å². The van der Waals surface area contributed by atoms with Gasteiger partial charge in [-0.25, -0.2) is 15.0 Å². The number of aryl methyl sites for hydroxylation is 1. The van der Waals surface area contributed by atoms with E-state index in [0.717, 1.165) is 51.3 Å². The van der Waals surface area contributed by atoms with Crippen LogP contribution in [-0.2, 0) is 10.8 Å². The summed E-state index contributed by atoms with van der Waals surface area (Å²) in [5.41, 5.74) is 12.3. The molecule has 6 aromatic rings. The normalized spacial score (nSPS) is 17.4. The Morgan fingerprint density at radius 2 is 1.23 bits per heavy atom. The molecule has 1 atom stereocenters. The van der Waals surface area contributed by atoms with E-state index in [1.807, 2.05) is 31.3 Å². The molecule has 0 unspecified atom stereocenters. The van der Waals surface area contributed by atoms with Gasteiger partial charge < -0.3 is 0 Å². The third kappa shape index (κ3) is 5.11. The first-order valence-electron chi connectivity index (χ1n) is 16.3. The molecule has 0 fully saturated rings. The fourth-order valence-corrected chi connectivity index (χ4v) is 7.00. The fourth-order valence-electron chi connectivity index (χ4n) is 7.00. The molecule has 2 aromatic heterocycles. The summed E-state index contributed by atoms with van der Waals surface area (Å²) in [7, 11) is 0. The molecule has 4 heteroatoms. The zero-order chi connectivity index (χ0) is 32.2. The molecule has 4 nitrogen and oxygen atoms in total. The minimum atomic E-state index is -0.336. The summed E-state index contributed by atoms with van der Waals surface area (Å²) < 4.78 is 0. The van der Waals surface area contributed by atoms with Crippen molar-refractivity contribution in [2.75, 3.05) is 0 Å². The van der Waals surface area contributed by atoms with Gasteiger partial charge in [0.15, 0.2) is 11.6 Å². The van der Waals surface area contributed by atoms with E-state index in [4.69, 9.17) is 15.0 Å². The molecule has 2 aliphatic carbocycles. The van der Waals surface area contributed by atoms with E-state index in [0.29, 0.717) is 11.6 Å². The van der Waals surface area contributed by atoms with Gasteiger partial charge in [-0.2, -0.15) is 0 Å². The second-order valence-electron chi connectivity index (χ2n) is 13.5. The van der Waals surface area contributed by atoms with Crippen LogP contribution in [0.25, 0.3) is 56.2 Å². The van der Waals surface area contributed by atoms with E-state index in [9.17, 15) is 0 Å². The maximum Gasteiger partial charge on any atom is 0.163 e. The van der Waals surface area contributed by atoms with Crippen LogP contribution in [0.5, 0.6) is 0 Å². The van der Waals surface area contributed by atoms with E-state index in [1.54, 1.807) is 0 Å². The largest absolute Gasteiger partial charge is 0.261 e. The molecule has 0 N–H and O–H groups in total. The van der Waals surface area contributed by atoms with E-state index in [1.165, 1.54) is 22.3 Å². The summed E-state index contributed by atoms with van der Waals surface area (Å²) in [4.78, 5) is 20.0. The Morgan fingerprint density at radius 3 is 1.98 bits per heavy atom. The Hall–Kier alpha value is -5.48. The van der Waals surface area contributed by atoms with Gasteiger partial charge in [0.1, 0.15) is 5.82 Å². The second-order valence-corrected chi connectivity index (χ2v) is 13.5. The standard InChI is InChI=1S/C43H36N4/c1-28-17-18-31(27-44-28)33-23-32(30-19-20-38-36(26-30)35-15-9-10-16-37(35)42(38,2)3)24-34(25-33)40-45-39(29-13-7-5-8-14-29)46-41(47-40)43(4)21-11-6-12-22-43/h5-21,23-27H,22H2,1-4H3/t43-/m1/s1. The van der Waals surface area contributed by atoms with Gasteiger partial charge in [0.25, 0.3) is 0 Å². The van der Waals surface area contributed by atoms with Crippen LogP contribution in [0.15, 0.2) is 134 Å². The number of hydrogen-bond acceptors (Lipinski definition) is 4.